The van der Waals surface area contributed by atoms with E-state index in [-0.39, 0.29) is 22.9 Å². The van der Waals surface area contributed by atoms with E-state index in [0.717, 1.165) is 28.3 Å². The fourth-order valence-corrected chi connectivity index (χ4v) is 5.78. The first-order chi connectivity index (χ1) is 19.1. The van der Waals surface area contributed by atoms with Gasteiger partial charge in [0.1, 0.15) is 18.4 Å². The number of sulfonamides is 1. The molecule has 1 N–H and O–H groups in total. The van der Waals surface area contributed by atoms with Crippen molar-refractivity contribution in [2.24, 2.45) is 0 Å². The van der Waals surface area contributed by atoms with Gasteiger partial charge in [0.25, 0.3) is 10.0 Å². The van der Waals surface area contributed by atoms with Gasteiger partial charge in [0, 0.05) is 18.7 Å². The Balaban J connectivity index is 2.05. The Bertz CT molecular complexity index is 1410. The fraction of sp³-hybridized carbons (Fsp3) is 0.355. The molecule has 1 atom stereocenters. The van der Waals surface area contributed by atoms with Crippen LogP contribution in [-0.4, -0.2) is 44.3 Å². The quantitative estimate of drug-likeness (QED) is 0.287. The maximum absolute atomic E-state index is 14.7. The van der Waals surface area contributed by atoms with Crippen molar-refractivity contribution < 1.29 is 22.4 Å². The van der Waals surface area contributed by atoms with Crippen molar-refractivity contribution in [2.75, 3.05) is 17.4 Å². The number of carbonyl (C=O) groups excluding carboxylic acids is 2. The van der Waals surface area contributed by atoms with Crippen molar-refractivity contribution in [3.8, 4) is 0 Å². The molecule has 0 bridgehead atoms. The maximum atomic E-state index is 14.7. The first kappa shape index (κ1) is 30.8. The lowest BCUT2D eigenvalue weighted by molar-refractivity contribution is -0.139. The second-order valence-electron chi connectivity index (χ2n) is 9.74. The van der Waals surface area contributed by atoms with Crippen LogP contribution in [-0.2, 0) is 32.6 Å². The Hall–Kier alpha value is -3.72. The fourth-order valence-electron chi connectivity index (χ4n) is 4.33. The Morgan fingerprint density at radius 1 is 0.925 bits per heavy atom. The molecular formula is C31H38FN3O4S. The summed E-state index contributed by atoms with van der Waals surface area (Å²) in [5.74, 6) is -1.53. The lowest BCUT2D eigenvalue weighted by Crippen LogP contribution is -2.51. The molecule has 214 valence electrons. The summed E-state index contributed by atoms with van der Waals surface area (Å²) >= 11 is 0. The lowest BCUT2D eigenvalue weighted by Gasteiger charge is -2.32. The minimum absolute atomic E-state index is 0.0443. The summed E-state index contributed by atoms with van der Waals surface area (Å²) in [5.41, 5.74) is 2.25. The third-order valence-corrected chi connectivity index (χ3v) is 8.60. The smallest absolute Gasteiger partial charge is 0.264 e. The molecule has 2 amide bonds. The number of nitrogens with one attached hydrogen (secondary N) is 1. The lowest BCUT2D eigenvalue weighted by atomic mass is 10.1. The average molecular weight is 568 g/mol. The number of nitrogens with zero attached hydrogens (tertiary/aromatic N) is 2. The van der Waals surface area contributed by atoms with Gasteiger partial charge in [0.05, 0.1) is 10.6 Å². The number of carbonyl (C=O) groups is 2. The van der Waals surface area contributed by atoms with E-state index < -0.39 is 34.3 Å². The van der Waals surface area contributed by atoms with Crippen molar-refractivity contribution >= 4 is 27.5 Å². The Labute approximate surface area is 237 Å². The Morgan fingerprint density at radius 3 is 2.17 bits per heavy atom. The molecule has 3 aromatic rings. The third kappa shape index (κ3) is 7.47. The highest BCUT2D eigenvalue weighted by Crippen LogP contribution is 2.28. The summed E-state index contributed by atoms with van der Waals surface area (Å²) in [6.45, 7) is 7.02. The second-order valence-corrected chi connectivity index (χ2v) is 11.6. The molecule has 0 fully saturated rings. The third-order valence-electron chi connectivity index (χ3n) is 6.82. The molecule has 0 radical (unpaired) electrons. The number of para-hydroxylation sites is 1. The number of rotatable bonds is 13. The molecule has 0 aliphatic rings. The summed E-state index contributed by atoms with van der Waals surface area (Å²) in [4.78, 5) is 28.3. The van der Waals surface area contributed by atoms with Crippen LogP contribution in [0.15, 0.2) is 77.7 Å². The maximum Gasteiger partial charge on any atom is 0.264 e. The predicted octanol–water partition coefficient (Wildman–Crippen LogP) is 5.23. The highest BCUT2D eigenvalue weighted by molar-refractivity contribution is 7.92. The molecule has 0 heterocycles. The van der Waals surface area contributed by atoms with E-state index in [9.17, 15) is 22.4 Å². The summed E-state index contributed by atoms with van der Waals surface area (Å²) < 4.78 is 43.7. The standard InChI is InChI=1S/C31H38FN3O4S/c1-5-7-20-33-31(37)24(4)34(21-26-13-8-10-14-28(26)32)30(36)22-35(29-15-11-9-12-25(29)6-2)40(38,39)27-18-16-23(3)17-19-27/h8-19,24H,5-7,20-22H2,1-4H3,(H,33,37)/t24-/m0/s1. The van der Waals surface area contributed by atoms with Crippen LogP contribution in [0.1, 0.15) is 50.3 Å². The SMILES string of the molecule is CCCCNC(=O)[C@H](C)N(Cc1ccccc1F)C(=O)CN(c1ccccc1CC)S(=O)(=O)c1ccc(C)cc1. The normalized spacial score (nSPS) is 12.0. The van der Waals surface area contributed by atoms with Gasteiger partial charge in [-0.15, -0.1) is 0 Å². The van der Waals surface area contributed by atoms with Gasteiger partial charge in [-0.2, -0.15) is 0 Å². The highest BCUT2D eigenvalue weighted by Gasteiger charge is 2.33. The molecule has 3 rings (SSSR count). The van der Waals surface area contributed by atoms with Gasteiger partial charge in [-0.1, -0.05) is 74.4 Å². The topological polar surface area (TPSA) is 86.8 Å². The molecule has 40 heavy (non-hydrogen) atoms. The minimum Gasteiger partial charge on any atom is -0.354 e. The van der Waals surface area contributed by atoms with Crippen molar-refractivity contribution in [2.45, 2.75) is 64.4 Å². The zero-order valence-corrected chi connectivity index (χ0v) is 24.4. The summed E-state index contributed by atoms with van der Waals surface area (Å²) in [5, 5.41) is 2.83. The number of anilines is 1. The minimum atomic E-state index is -4.17. The van der Waals surface area contributed by atoms with Crippen LogP contribution >= 0.6 is 0 Å². The molecular weight excluding hydrogens is 529 g/mol. The zero-order chi connectivity index (χ0) is 29.3. The van der Waals surface area contributed by atoms with Crippen molar-refractivity contribution in [3.63, 3.8) is 0 Å². The summed E-state index contributed by atoms with van der Waals surface area (Å²) in [6.07, 6.45) is 2.20. The Morgan fingerprint density at radius 2 is 1.55 bits per heavy atom. The van der Waals surface area contributed by atoms with Crippen LogP contribution in [0.4, 0.5) is 10.1 Å². The van der Waals surface area contributed by atoms with E-state index in [1.165, 1.54) is 23.1 Å². The van der Waals surface area contributed by atoms with Crippen LogP contribution < -0.4 is 9.62 Å². The van der Waals surface area contributed by atoms with Crippen molar-refractivity contribution in [1.29, 1.82) is 0 Å². The molecule has 0 saturated carbocycles. The van der Waals surface area contributed by atoms with Gasteiger partial charge < -0.3 is 10.2 Å². The van der Waals surface area contributed by atoms with Gasteiger partial charge in [0.2, 0.25) is 11.8 Å². The Kier molecular flexibility index (Phi) is 10.8. The van der Waals surface area contributed by atoms with Crippen LogP contribution in [0.3, 0.4) is 0 Å². The molecule has 0 aromatic heterocycles. The highest BCUT2D eigenvalue weighted by atomic mass is 32.2. The van der Waals surface area contributed by atoms with Gasteiger partial charge in [-0.25, -0.2) is 12.8 Å². The van der Waals surface area contributed by atoms with Crippen LogP contribution in [0.5, 0.6) is 0 Å². The predicted molar refractivity (Wildman–Crippen MR) is 156 cm³/mol. The summed E-state index contributed by atoms with van der Waals surface area (Å²) in [7, 11) is -4.17. The number of amides is 2. The van der Waals surface area contributed by atoms with Crippen LogP contribution in [0, 0.1) is 12.7 Å². The average Bonchev–Trinajstić information content (AvgIpc) is 2.95. The van der Waals surface area contributed by atoms with Gasteiger partial charge in [-0.3, -0.25) is 13.9 Å². The second kappa shape index (κ2) is 14.1. The molecule has 0 aliphatic heterocycles. The first-order valence-electron chi connectivity index (χ1n) is 13.6. The van der Waals surface area contributed by atoms with Gasteiger partial charge in [0.15, 0.2) is 0 Å². The number of hydrogen-bond donors (Lipinski definition) is 1. The van der Waals surface area contributed by atoms with Crippen LogP contribution in [0.25, 0.3) is 0 Å². The number of benzene rings is 3. The molecule has 0 saturated heterocycles. The largest absolute Gasteiger partial charge is 0.354 e. The molecule has 9 heteroatoms. The molecule has 0 unspecified atom stereocenters. The van der Waals surface area contributed by atoms with Crippen molar-refractivity contribution in [1.82, 2.24) is 10.2 Å². The van der Waals surface area contributed by atoms with E-state index in [4.69, 9.17) is 0 Å². The molecule has 7 nitrogen and oxygen atoms in total. The molecule has 0 aliphatic carbocycles. The van der Waals surface area contributed by atoms with Crippen LogP contribution in [0.2, 0.25) is 0 Å². The number of unbranched alkanes of at least 4 members (excludes halogenated alkanes) is 1. The van der Waals surface area contributed by atoms with Gasteiger partial charge >= 0.3 is 0 Å². The zero-order valence-electron chi connectivity index (χ0n) is 23.6. The first-order valence-corrected chi connectivity index (χ1v) is 15.0. The van der Waals surface area contributed by atoms with Crippen molar-refractivity contribution in [3.05, 3.63) is 95.3 Å². The molecule has 3 aromatic carbocycles. The number of hydrogen-bond acceptors (Lipinski definition) is 4. The van der Waals surface area contributed by atoms with E-state index in [1.807, 2.05) is 32.9 Å². The summed E-state index contributed by atoms with van der Waals surface area (Å²) in [6, 6.07) is 18.5. The van der Waals surface area contributed by atoms with Gasteiger partial charge in [-0.05, 0) is 56.5 Å². The monoisotopic (exact) mass is 567 g/mol. The van der Waals surface area contributed by atoms with E-state index >= 15 is 0 Å². The van der Waals surface area contributed by atoms with E-state index in [2.05, 4.69) is 5.32 Å². The van der Waals surface area contributed by atoms with E-state index in [0.29, 0.717) is 18.7 Å². The number of halogens is 1. The van der Waals surface area contributed by atoms with E-state index in [1.54, 1.807) is 49.4 Å². The number of aryl methyl sites for hydroxylation is 2. The molecule has 0 spiro atoms.